The topological polar surface area (TPSA) is 137 Å². The van der Waals surface area contributed by atoms with Crippen LogP contribution in [-0.4, -0.2) is 9.36 Å². The maximum Gasteiger partial charge on any atom is 0.328 e. The van der Waals surface area contributed by atoms with Crippen LogP contribution in [0.4, 0.5) is 5.69 Å². The third kappa shape index (κ3) is 1.80. The van der Waals surface area contributed by atoms with Crippen molar-refractivity contribution in [3.8, 4) is 18.2 Å². The second kappa shape index (κ2) is 4.99. The molecule has 0 unspecified atom stereocenters. The van der Waals surface area contributed by atoms with Gasteiger partial charge in [-0.15, -0.1) is 0 Å². The third-order valence-electron chi connectivity index (χ3n) is 3.31. The van der Waals surface area contributed by atoms with Crippen molar-refractivity contribution in [3.63, 3.8) is 0 Å². The van der Waals surface area contributed by atoms with Gasteiger partial charge in [0.25, 0.3) is 5.54 Å². The van der Waals surface area contributed by atoms with Gasteiger partial charge in [0, 0.05) is 0 Å². The van der Waals surface area contributed by atoms with E-state index in [0.29, 0.717) is 5.69 Å². The molecule has 0 radical (unpaired) electrons. The average Bonchev–Trinajstić information content (AvgIpc) is 3.02. The maximum atomic E-state index is 12.3. The zero-order valence-corrected chi connectivity index (χ0v) is 12.3. The first kappa shape index (κ1) is 14.3. The summed E-state index contributed by atoms with van der Waals surface area (Å²) in [6, 6.07) is 14.0. The minimum absolute atomic E-state index is 0.149. The van der Waals surface area contributed by atoms with E-state index in [0.717, 1.165) is 20.7 Å². The van der Waals surface area contributed by atoms with Gasteiger partial charge >= 0.3 is 4.87 Å². The van der Waals surface area contributed by atoms with Crippen LogP contribution in [0.15, 0.2) is 45.7 Å². The Hall–Kier alpha value is -3.61. The number of rotatable bonds is 1. The molecule has 0 aliphatic carbocycles. The van der Waals surface area contributed by atoms with Gasteiger partial charge in [-0.2, -0.15) is 20.5 Å². The van der Waals surface area contributed by atoms with Crippen LogP contribution in [0.25, 0.3) is 5.82 Å². The van der Waals surface area contributed by atoms with Crippen LogP contribution in [0.1, 0.15) is 0 Å². The van der Waals surface area contributed by atoms with Gasteiger partial charge < -0.3 is 5.73 Å². The number of para-hydroxylation sites is 1. The fraction of sp³-hybridized carbons (Fsp3) is 0.0714. The Labute approximate surface area is 133 Å². The predicted octanol–water partition coefficient (Wildman–Crippen LogP) is 0.351. The van der Waals surface area contributed by atoms with E-state index in [9.17, 15) is 20.6 Å². The highest BCUT2D eigenvalue weighted by atomic mass is 32.1. The second-order valence-corrected chi connectivity index (χ2v) is 5.45. The fourth-order valence-electron chi connectivity index (χ4n) is 2.28. The number of nitriles is 3. The molecule has 1 aliphatic heterocycles. The molecule has 0 fully saturated rings. The van der Waals surface area contributed by atoms with Crippen LogP contribution in [0.5, 0.6) is 0 Å². The smallest absolute Gasteiger partial charge is 0.328 e. The van der Waals surface area contributed by atoms with Gasteiger partial charge in [0.15, 0.2) is 0 Å². The van der Waals surface area contributed by atoms with Gasteiger partial charge in [0.05, 0.1) is 5.69 Å². The number of fused-ring (bicyclic) bond motifs is 1. The summed E-state index contributed by atoms with van der Waals surface area (Å²) < 4.78 is 2.01. The molecule has 2 heterocycles. The first-order valence-electron chi connectivity index (χ1n) is 6.27. The number of aromatic nitrogens is 2. The Morgan fingerprint density at radius 1 is 1.17 bits per heavy atom. The first-order chi connectivity index (χ1) is 11.1. The van der Waals surface area contributed by atoms with Gasteiger partial charge in [-0.05, 0) is 23.5 Å². The lowest BCUT2D eigenvalue weighted by atomic mass is 9.95. The summed E-state index contributed by atoms with van der Waals surface area (Å²) in [5.41, 5.74) is 4.12. The van der Waals surface area contributed by atoms with Crippen LogP contribution in [0, 0.1) is 34.0 Å². The summed E-state index contributed by atoms with van der Waals surface area (Å²) in [7, 11) is 0. The zero-order chi connectivity index (χ0) is 16.6. The lowest BCUT2D eigenvalue weighted by molar-refractivity contribution is 0.490. The van der Waals surface area contributed by atoms with Crippen molar-refractivity contribution in [3.05, 3.63) is 50.4 Å². The highest BCUT2D eigenvalue weighted by Gasteiger charge is 2.49. The van der Waals surface area contributed by atoms with E-state index >= 15 is 0 Å². The molecule has 23 heavy (non-hydrogen) atoms. The van der Waals surface area contributed by atoms with E-state index in [4.69, 9.17) is 5.73 Å². The third-order valence-corrected chi connectivity index (χ3v) is 4.11. The fourth-order valence-corrected chi connectivity index (χ4v) is 3.16. The minimum atomic E-state index is -2.07. The summed E-state index contributed by atoms with van der Waals surface area (Å²) in [5, 5.41) is 28.0. The standard InChI is InChI=1S/C14H7N7OS/c15-6-10-11(18)20-12(19-9-4-2-1-3-5-9)23-13(22)21(20)14(10,7-16)8-17/h1-5H,18H2. The number of hydrogen-bond donors (Lipinski definition) is 1. The maximum absolute atomic E-state index is 12.3. The van der Waals surface area contributed by atoms with Gasteiger partial charge in [0.2, 0.25) is 4.80 Å². The highest BCUT2D eigenvalue weighted by Crippen LogP contribution is 2.31. The molecule has 0 amide bonds. The van der Waals surface area contributed by atoms with Crippen LogP contribution >= 0.6 is 11.3 Å². The van der Waals surface area contributed by atoms with E-state index in [1.165, 1.54) is 0 Å². The zero-order valence-electron chi connectivity index (χ0n) is 11.5. The van der Waals surface area contributed by atoms with Gasteiger partial charge in [-0.25, -0.2) is 9.67 Å². The van der Waals surface area contributed by atoms with Crippen LogP contribution < -0.4 is 15.4 Å². The molecule has 2 aromatic rings. The largest absolute Gasteiger partial charge is 0.383 e. The van der Waals surface area contributed by atoms with E-state index in [1.54, 1.807) is 42.5 Å². The van der Waals surface area contributed by atoms with Crippen molar-refractivity contribution >= 4 is 22.8 Å². The Bertz CT molecular complexity index is 1070. The minimum Gasteiger partial charge on any atom is -0.383 e. The van der Waals surface area contributed by atoms with Crippen LogP contribution in [-0.2, 0) is 5.54 Å². The molecule has 0 bridgehead atoms. The van der Waals surface area contributed by atoms with Crippen LogP contribution in [0.2, 0.25) is 0 Å². The molecule has 3 rings (SSSR count). The number of hydrogen-bond acceptors (Lipinski definition) is 7. The Morgan fingerprint density at radius 2 is 1.83 bits per heavy atom. The van der Waals surface area contributed by atoms with E-state index in [-0.39, 0.29) is 16.2 Å². The Morgan fingerprint density at radius 3 is 2.39 bits per heavy atom. The Balaban J connectivity index is 2.42. The monoisotopic (exact) mass is 321 g/mol. The van der Waals surface area contributed by atoms with Crippen LogP contribution in [0.3, 0.4) is 0 Å². The van der Waals surface area contributed by atoms with E-state index < -0.39 is 10.4 Å². The van der Waals surface area contributed by atoms with Crippen molar-refractivity contribution in [1.82, 2.24) is 9.36 Å². The Kier molecular flexibility index (Phi) is 3.11. The van der Waals surface area contributed by atoms with E-state index in [1.807, 2.05) is 6.07 Å². The SMILES string of the molecule is N#CC1=C(N)n2c(=Nc3ccccc3)sc(=O)n2C1(C#N)C#N. The highest BCUT2D eigenvalue weighted by molar-refractivity contribution is 7.06. The van der Waals surface area contributed by atoms with Crippen molar-refractivity contribution in [2.45, 2.75) is 5.54 Å². The molecule has 1 aromatic carbocycles. The van der Waals surface area contributed by atoms with E-state index in [2.05, 4.69) is 4.99 Å². The van der Waals surface area contributed by atoms with Gasteiger partial charge in [-0.1, -0.05) is 18.2 Å². The molecule has 9 heteroatoms. The molecule has 0 spiro atoms. The average molecular weight is 321 g/mol. The summed E-state index contributed by atoms with van der Waals surface area (Å²) in [5.74, 6) is -0.149. The molecule has 2 N–H and O–H groups in total. The van der Waals surface area contributed by atoms with Crippen molar-refractivity contribution in [2.75, 3.05) is 0 Å². The second-order valence-electron chi connectivity index (χ2n) is 4.53. The van der Waals surface area contributed by atoms with Gasteiger partial charge in [0.1, 0.15) is 29.6 Å². The summed E-state index contributed by atoms with van der Waals surface area (Å²) in [6.07, 6.45) is 0. The summed E-state index contributed by atoms with van der Waals surface area (Å²) in [6.45, 7) is 0. The quantitative estimate of drug-likeness (QED) is 0.808. The van der Waals surface area contributed by atoms with Crippen molar-refractivity contribution in [1.29, 1.82) is 15.8 Å². The number of allylic oxidation sites excluding steroid dienone is 1. The molecule has 1 aromatic heterocycles. The first-order valence-corrected chi connectivity index (χ1v) is 7.09. The molecule has 0 saturated carbocycles. The molecule has 0 atom stereocenters. The predicted molar refractivity (Wildman–Crippen MR) is 80.5 cm³/mol. The van der Waals surface area contributed by atoms with Crippen molar-refractivity contribution < 1.29 is 0 Å². The molecule has 0 saturated heterocycles. The number of nitrogens with two attached hydrogens (primary N) is 1. The number of benzene rings is 1. The molecule has 1 aliphatic rings. The van der Waals surface area contributed by atoms with Crippen molar-refractivity contribution in [2.24, 2.45) is 10.7 Å². The lowest BCUT2D eigenvalue weighted by Crippen LogP contribution is -2.38. The molecule has 110 valence electrons. The molecule has 8 nitrogen and oxygen atoms in total. The molecular weight excluding hydrogens is 314 g/mol. The molecular formula is C14H7N7OS. The summed E-state index contributed by atoms with van der Waals surface area (Å²) >= 11 is 0.739. The number of nitrogens with zero attached hydrogens (tertiary/aromatic N) is 6. The van der Waals surface area contributed by atoms with Gasteiger partial charge in [-0.3, -0.25) is 4.79 Å². The summed E-state index contributed by atoms with van der Waals surface area (Å²) in [4.78, 5) is 16.2. The normalized spacial score (nSPS) is 15.6. The lowest BCUT2D eigenvalue weighted by Gasteiger charge is -2.11.